The lowest BCUT2D eigenvalue weighted by atomic mass is 10.1. The predicted octanol–water partition coefficient (Wildman–Crippen LogP) is 3.56. The number of nitrogens with zero attached hydrogens (tertiary/aromatic N) is 1. The van der Waals surface area contributed by atoms with E-state index in [1.54, 1.807) is 7.11 Å². The van der Waals surface area contributed by atoms with Crippen LogP contribution in [0.3, 0.4) is 0 Å². The molecule has 1 saturated heterocycles. The van der Waals surface area contributed by atoms with Crippen molar-refractivity contribution in [1.82, 2.24) is 10.6 Å². The summed E-state index contributed by atoms with van der Waals surface area (Å²) in [4.78, 5) is 4.73. The van der Waals surface area contributed by atoms with Gasteiger partial charge < -0.3 is 24.8 Å². The molecule has 0 spiro atoms. The molecule has 1 aliphatic heterocycles. The van der Waals surface area contributed by atoms with Gasteiger partial charge in [-0.2, -0.15) is 0 Å². The zero-order chi connectivity index (χ0) is 21.2. The minimum Gasteiger partial charge on any atom is -0.488 e. The molecular weight excluding hydrogens is 378 g/mol. The molecular formula is C24H33N3O3. The number of rotatable bonds is 9. The molecule has 1 heterocycles. The molecule has 6 heteroatoms. The lowest BCUT2D eigenvalue weighted by molar-refractivity contribution is 0.140. The van der Waals surface area contributed by atoms with Gasteiger partial charge in [0.05, 0.1) is 26.4 Å². The van der Waals surface area contributed by atoms with E-state index in [0.717, 1.165) is 48.0 Å². The molecule has 162 valence electrons. The van der Waals surface area contributed by atoms with Crippen molar-refractivity contribution in [3.63, 3.8) is 0 Å². The standard InChI is InChI=1S/C24H33N3O3/c1-4-25-24(26-14-19-6-8-20(9-7-19)16-28-3)27-15-21-10-5-18(2)13-23(21)30-22-11-12-29-17-22/h5-10,13,22H,4,11-12,14-17H2,1-3H3,(H2,25,26,27). The molecule has 30 heavy (non-hydrogen) atoms. The summed E-state index contributed by atoms with van der Waals surface area (Å²) in [6, 6.07) is 14.7. The highest BCUT2D eigenvalue weighted by atomic mass is 16.5. The third-order valence-electron chi connectivity index (χ3n) is 4.95. The van der Waals surface area contributed by atoms with Gasteiger partial charge in [-0.3, -0.25) is 0 Å². The van der Waals surface area contributed by atoms with Gasteiger partial charge in [0, 0.05) is 32.2 Å². The SMILES string of the molecule is CCNC(=NCc1ccc(COC)cc1)NCc1ccc(C)cc1OC1CCOC1. The highest BCUT2D eigenvalue weighted by Gasteiger charge is 2.18. The third kappa shape index (κ3) is 6.75. The van der Waals surface area contributed by atoms with Crippen molar-refractivity contribution in [3.05, 3.63) is 64.7 Å². The van der Waals surface area contributed by atoms with E-state index in [9.17, 15) is 0 Å². The van der Waals surface area contributed by atoms with Gasteiger partial charge in [0.25, 0.3) is 0 Å². The van der Waals surface area contributed by atoms with E-state index in [4.69, 9.17) is 19.2 Å². The van der Waals surface area contributed by atoms with Crippen molar-refractivity contribution in [2.45, 2.75) is 46.1 Å². The van der Waals surface area contributed by atoms with Gasteiger partial charge >= 0.3 is 0 Å². The summed E-state index contributed by atoms with van der Waals surface area (Å²) in [7, 11) is 1.71. The first-order chi connectivity index (χ1) is 14.7. The summed E-state index contributed by atoms with van der Waals surface area (Å²) >= 11 is 0. The van der Waals surface area contributed by atoms with Gasteiger partial charge in [-0.15, -0.1) is 0 Å². The van der Waals surface area contributed by atoms with Crippen molar-refractivity contribution >= 4 is 5.96 Å². The van der Waals surface area contributed by atoms with Crippen LogP contribution in [0, 0.1) is 6.92 Å². The number of guanidine groups is 1. The number of aliphatic imine (C=N–C) groups is 1. The molecule has 0 radical (unpaired) electrons. The van der Waals surface area contributed by atoms with Crippen molar-refractivity contribution in [2.75, 3.05) is 26.9 Å². The molecule has 3 rings (SSSR count). The third-order valence-corrected chi connectivity index (χ3v) is 4.95. The number of hydrogen-bond donors (Lipinski definition) is 2. The lowest BCUT2D eigenvalue weighted by Crippen LogP contribution is -2.37. The normalized spacial score (nSPS) is 16.5. The minimum absolute atomic E-state index is 0.133. The molecule has 0 bridgehead atoms. The number of benzene rings is 2. The smallest absolute Gasteiger partial charge is 0.191 e. The number of hydrogen-bond acceptors (Lipinski definition) is 4. The molecule has 0 aromatic heterocycles. The van der Waals surface area contributed by atoms with Crippen LogP contribution in [-0.2, 0) is 29.2 Å². The van der Waals surface area contributed by atoms with Crippen molar-refractivity contribution < 1.29 is 14.2 Å². The van der Waals surface area contributed by atoms with E-state index in [1.165, 1.54) is 5.56 Å². The molecule has 2 N–H and O–H groups in total. The fourth-order valence-corrected chi connectivity index (χ4v) is 3.30. The number of methoxy groups -OCH3 is 1. The van der Waals surface area contributed by atoms with Gasteiger partial charge in [0.1, 0.15) is 11.9 Å². The van der Waals surface area contributed by atoms with E-state index < -0.39 is 0 Å². The Morgan fingerprint density at radius 2 is 1.93 bits per heavy atom. The van der Waals surface area contributed by atoms with Gasteiger partial charge in [-0.25, -0.2) is 4.99 Å². The monoisotopic (exact) mass is 411 g/mol. The summed E-state index contributed by atoms with van der Waals surface area (Å²) in [5.41, 5.74) is 4.62. The van der Waals surface area contributed by atoms with Crippen molar-refractivity contribution in [3.8, 4) is 5.75 Å². The van der Waals surface area contributed by atoms with Crippen LogP contribution < -0.4 is 15.4 Å². The minimum atomic E-state index is 0.133. The lowest BCUT2D eigenvalue weighted by Gasteiger charge is -2.18. The molecule has 1 fully saturated rings. The van der Waals surface area contributed by atoms with Gasteiger partial charge in [-0.05, 0) is 36.6 Å². The summed E-state index contributed by atoms with van der Waals surface area (Å²) in [6.45, 7) is 8.26. The molecule has 1 aliphatic rings. The maximum Gasteiger partial charge on any atom is 0.191 e. The highest BCUT2D eigenvalue weighted by Crippen LogP contribution is 2.23. The Morgan fingerprint density at radius 1 is 1.13 bits per heavy atom. The Morgan fingerprint density at radius 3 is 2.63 bits per heavy atom. The van der Waals surface area contributed by atoms with E-state index in [2.05, 4.69) is 66.9 Å². The molecule has 6 nitrogen and oxygen atoms in total. The Balaban J connectivity index is 1.63. The Kier molecular flexibility index (Phi) is 8.53. The van der Waals surface area contributed by atoms with Crippen LogP contribution in [0.2, 0.25) is 0 Å². The van der Waals surface area contributed by atoms with Crippen LogP contribution in [0.15, 0.2) is 47.5 Å². The second-order valence-electron chi connectivity index (χ2n) is 7.51. The van der Waals surface area contributed by atoms with Crippen LogP contribution in [-0.4, -0.2) is 38.9 Å². The Hall–Kier alpha value is -2.57. The Bertz CT molecular complexity index is 815. The summed E-state index contributed by atoms with van der Waals surface area (Å²) in [5.74, 6) is 1.71. The predicted molar refractivity (Wildman–Crippen MR) is 120 cm³/mol. The maximum absolute atomic E-state index is 6.20. The average molecular weight is 412 g/mol. The molecule has 0 aliphatic carbocycles. The van der Waals surface area contributed by atoms with Gasteiger partial charge in [0.15, 0.2) is 5.96 Å². The molecule has 1 unspecified atom stereocenters. The second-order valence-corrected chi connectivity index (χ2v) is 7.51. The van der Waals surface area contributed by atoms with Crippen LogP contribution in [0.25, 0.3) is 0 Å². The first-order valence-corrected chi connectivity index (χ1v) is 10.6. The Labute approximate surface area is 179 Å². The van der Waals surface area contributed by atoms with E-state index in [-0.39, 0.29) is 6.10 Å². The van der Waals surface area contributed by atoms with Crippen LogP contribution in [0.4, 0.5) is 0 Å². The zero-order valence-corrected chi connectivity index (χ0v) is 18.2. The number of nitrogens with one attached hydrogen (secondary N) is 2. The van der Waals surface area contributed by atoms with Crippen LogP contribution in [0.1, 0.15) is 35.6 Å². The van der Waals surface area contributed by atoms with E-state index in [0.29, 0.717) is 26.3 Å². The number of ether oxygens (including phenoxy) is 3. The average Bonchev–Trinajstić information content (AvgIpc) is 3.25. The fraction of sp³-hybridized carbons (Fsp3) is 0.458. The fourth-order valence-electron chi connectivity index (χ4n) is 3.30. The van der Waals surface area contributed by atoms with E-state index >= 15 is 0 Å². The summed E-state index contributed by atoms with van der Waals surface area (Å²) in [6.07, 6.45) is 1.07. The molecule has 0 amide bonds. The molecule has 0 saturated carbocycles. The highest BCUT2D eigenvalue weighted by molar-refractivity contribution is 5.79. The summed E-state index contributed by atoms with van der Waals surface area (Å²) < 4.78 is 16.8. The number of aryl methyl sites for hydroxylation is 1. The first kappa shape index (κ1) is 22.1. The molecule has 2 aromatic carbocycles. The maximum atomic E-state index is 6.20. The topological polar surface area (TPSA) is 64.1 Å². The van der Waals surface area contributed by atoms with Crippen molar-refractivity contribution in [2.24, 2.45) is 4.99 Å². The van der Waals surface area contributed by atoms with Crippen LogP contribution >= 0.6 is 0 Å². The van der Waals surface area contributed by atoms with Gasteiger partial charge in [0.2, 0.25) is 0 Å². The van der Waals surface area contributed by atoms with Gasteiger partial charge in [-0.1, -0.05) is 36.4 Å². The zero-order valence-electron chi connectivity index (χ0n) is 18.2. The van der Waals surface area contributed by atoms with Crippen LogP contribution in [0.5, 0.6) is 5.75 Å². The quantitative estimate of drug-likeness (QED) is 0.488. The van der Waals surface area contributed by atoms with Crippen molar-refractivity contribution in [1.29, 1.82) is 0 Å². The first-order valence-electron chi connectivity index (χ1n) is 10.6. The largest absolute Gasteiger partial charge is 0.488 e. The molecule has 1 atom stereocenters. The molecule has 2 aromatic rings. The van der Waals surface area contributed by atoms with E-state index in [1.807, 2.05) is 0 Å². The second kappa shape index (κ2) is 11.6. The summed E-state index contributed by atoms with van der Waals surface area (Å²) in [5, 5.41) is 6.75.